The van der Waals surface area contributed by atoms with Crippen molar-refractivity contribution in [3.63, 3.8) is 0 Å². The van der Waals surface area contributed by atoms with Gasteiger partial charge in [0.05, 0.1) is 18.6 Å². The fraction of sp³-hybridized carbons (Fsp3) is 0.444. The zero-order valence-corrected chi connectivity index (χ0v) is 14.4. The Morgan fingerprint density at radius 1 is 1.48 bits per heavy atom. The highest BCUT2D eigenvalue weighted by Gasteiger charge is 2.24. The summed E-state index contributed by atoms with van der Waals surface area (Å²) >= 11 is 0. The van der Waals surface area contributed by atoms with E-state index in [0.717, 1.165) is 19.4 Å². The molecule has 2 aromatic heterocycles. The summed E-state index contributed by atoms with van der Waals surface area (Å²) in [7, 11) is 0. The van der Waals surface area contributed by atoms with Gasteiger partial charge in [-0.25, -0.2) is 4.98 Å². The molecular weight excluding hydrogens is 320 g/mol. The molecule has 0 saturated carbocycles. The molecule has 132 valence electrons. The average molecular weight is 342 g/mol. The maximum absolute atomic E-state index is 12.4. The molecule has 7 nitrogen and oxygen atoms in total. The Labute approximate surface area is 145 Å². The normalized spacial score (nSPS) is 18.1. The van der Waals surface area contributed by atoms with Crippen molar-refractivity contribution in [3.8, 4) is 11.5 Å². The van der Waals surface area contributed by atoms with Gasteiger partial charge >= 0.3 is 0 Å². The van der Waals surface area contributed by atoms with Crippen LogP contribution in [0.5, 0.6) is 0 Å². The fourth-order valence-corrected chi connectivity index (χ4v) is 3.00. The van der Waals surface area contributed by atoms with Crippen LogP contribution in [-0.4, -0.2) is 39.6 Å². The topological polar surface area (TPSA) is 97.0 Å². The maximum Gasteiger partial charge on any atom is 0.255 e. The fourth-order valence-electron chi connectivity index (χ4n) is 3.00. The number of nitrogens with one attached hydrogen (secondary N) is 2. The van der Waals surface area contributed by atoms with Gasteiger partial charge < -0.3 is 15.0 Å². The second kappa shape index (κ2) is 7.57. The summed E-state index contributed by atoms with van der Waals surface area (Å²) in [6, 6.07) is 5.32. The Bertz CT molecular complexity index is 798. The van der Waals surface area contributed by atoms with E-state index in [0.29, 0.717) is 22.8 Å². The molecule has 2 N–H and O–H groups in total. The Morgan fingerprint density at radius 3 is 2.96 bits per heavy atom. The van der Waals surface area contributed by atoms with Crippen LogP contribution in [0.2, 0.25) is 0 Å². The third kappa shape index (κ3) is 4.11. The number of ether oxygens (including phenoxy) is 1. The third-order valence-electron chi connectivity index (χ3n) is 4.38. The highest BCUT2D eigenvalue weighted by Crippen LogP contribution is 2.15. The molecule has 7 heteroatoms. The van der Waals surface area contributed by atoms with Gasteiger partial charge in [0.2, 0.25) is 5.91 Å². The van der Waals surface area contributed by atoms with Crippen molar-refractivity contribution in [2.75, 3.05) is 6.61 Å². The summed E-state index contributed by atoms with van der Waals surface area (Å²) in [4.78, 5) is 35.9. The number of carbonyl (C=O) groups is 1. The third-order valence-corrected chi connectivity index (χ3v) is 4.38. The quantitative estimate of drug-likeness (QED) is 0.855. The minimum absolute atomic E-state index is 0.00623. The number of aryl methyl sites for hydroxylation is 1. The number of pyridine rings is 1. The van der Waals surface area contributed by atoms with Crippen LogP contribution in [-0.2, 0) is 16.0 Å². The van der Waals surface area contributed by atoms with E-state index in [1.807, 2.05) is 13.0 Å². The summed E-state index contributed by atoms with van der Waals surface area (Å²) in [5.74, 6) is 0.198. The van der Waals surface area contributed by atoms with Gasteiger partial charge in [-0.2, -0.15) is 0 Å². The molecule has 0 aromatic carbocycles. The van der Waals surface area contributed by atoms with Gasteiger partial charge in [0.1, 0.15) is 5.69 Å². The summed E-state index contributed by atoms with van der Waals surface area (Å²) in [6.07, 6.45) is 3.64. The zero-order valence-electron chi connectivity index (χ0n) is 14.4. The molecule has 25 heavy (non-hydrogen) atoms. The summed E-state index contributed by atoms with van der Waals surface area (Å²) < 4.78 is 5.58. The van der Waals surface area contributed by atoms with Crippen molar-refractivity contribution in [3.05, 3.63) is 46.0 Å². The first-order chi connectivity index (χ1) is 12.0. The number of hydrogen-bond donors (Lipinski definition) is 2. The molecule has 1 fully saturated rings. The zero-order chi connectivity index (χ0) is 17.8. The molecule has 0 bridgehead atoms. The molecule has 2 unspecified atom stereocenters. The first kappa shape index (κ1) is 17.3. The number of H-pyrrole nitrogens is 1. The van der Waals surface area contributed by atoms with Crippen molar-refractivity contribution < 1.29 is 9.53 Å². The van der Waals surface area contributed by atoms with Crippen molar-refractivity contribution >= 4 is 5.91 Å². The van der Waals surface area contributed by atoms with E-state index < -0.39 is 0 Å². The molecule has 0 radical (unpaired) electrons. The first-order valence-corrected chi connectivity index (χ1v) is 8.47. The van der Waals surface area contributed by atoms with E-state index in [-0.39, 0.29) is 30.0 Å². The van der Waals surface area contributed by atoms with Gasteiger partial charge in [0.15, 0.2) is 5.82 Å². The van der Waals surface area contributed by atoms with Crippen LogP contribution in [0.15, 0.2) is 29.2 Å². The highest BCUT2D eigenvalue weighted by molar-refractivity contribution is 5.79. The van der Waals surface area contributed by atoms with Crippen molar-refractivity contribution in [1.82, 2.24) is 20.3 Å². The number of amides is 1. The number of aromatic nitrogens is 3. The number of hydrogen-bond acceptors (Lipinski definition) is 5. The lowest BCUT2D eigenvalue weighted by Gasteiger charge is -2.20. The van der Waals surface area contributed by atoms with Crippen molar-refractivity contribution in [2.24, 2.45) is 0 Å². The largest absolute Gasteiger partial charge is 0.376 e. The summed E-state index contributed by atoms with van der Waals surface area (Å²) in [5, 5.41) is 2.91. The highest BCUT2D eigenvalue weighted by atomic mass is 16.5. The van der Waals surface area contributed by atoms with Crippen LogP contribution in [0.3, 0.4) is 0 Å². The number of rotatable bonds is 5. The van der Waals surface area contributed by atoms with Crippen LogP contribution in [0.1, 0.15) is 31.0 Å². The second-order valence-electron chi connectivity index (χ2n) is 6.28. The van der Waals surface area contributed by atoms with E-state index in [1.165, 1.54) is 0 Å². The molecule has 1 aliphatic heterocycles. The lowest BCUT2D eigenvalue weighted by Crippen LogP contribution is -2.42. The van der Waals surface area contributed by atoms with E-state index in [4.69, 9.17) is 4.74 Å². The molecular formula is C18H22N4O3. The molecule has 0 spiro atoms. The standard InChI is InChI=1S/C18H22N4O3/c1-11-13(10-16(23)20-12(2)15-7-5-9-25-15)18(24)22-17(21-11)14-6-3-4-8-19-14/h3-4,6,8,12,15H,5,7,9-10H2,1-2H3,(H,20,23)(H,21,22,24). The molecule has 1 saturated heterocycles. The van der Waals surface area contributed by atoms with E-state index in [9.17, 15) is 9.59 Å². The summed E-state index contributed by atoms with van der Waals surface area (Å²) in [5.41, 5.74) is 1.18. The molecule has 1 amide bonds. The van der Waals surface area contributed by atoms with Gasteiger partial charge in [-0.05, 0) is 38.8 Å². The van der Waals surface area contributed by atoms with Gasteiger partial charge in [-0.15, -0.1) is 0 Å². The minimum Gasteiger partial charge on any atom is -0.376 e. The van der Waals surface area contributed by atoms with Crippen molar-refractivity contribution in [2.45, 2.75) is 45.3 Å². The van der Waals surface area contributed by atoms with Crippen LogP contribution in [0.4, 0.5) is 0 Å². The summed E-state index contributed by atoms with van der Waals surface area (Å²) in [6.45, 7) is 4.39. The number of aromatic amines is 1. The Kier molecular flexibility index (Phi) is 5.23. The van der Waals surface area contributed by atoms with Crippen LogP contribution >= 0.6 is 0 Å². The molecule has 2 aromatic rings. The monoisotopic (exact) mass is 342 g/mol. The van der Waals surface area contributed by atoms with Gasteiger partial charge in [-0.1, -0.05) is 6.07 Å². The van der Waals surface area contributed by atoms with Gasteiger partial charge in [0.25, 0.3) is 5.56 Å². The Morgan fingerprint density at radius 2 is 2.32 bits per heavy atom. The average Bonchev–Trinajstić information content (AvgIpc) is 3.13. The predicted molar refractivity (Wildman–Crippen MR) is 93.1 cm³/mol. The van der Waals surface area contributed by atoms with Crippen LogP contribution in [0, 0.1) is 6.92 Å². The SMILES string of the molecule is Cc1nc(-c2ccccn2)[nH]c(=O)c1CC(=O)NC(C)C1CCCO1. The number of nitrogens with zero attached hydrogens (tertiary/aromatic N) is 2. The predicted octanol–water partition coefficient (Wildman–Crippen LogP) is 1.37. The number of carbonyl (C=O) groups excluding carboxylic acids is 1. The van der Waals surface area contributed by atoms with E-state index in [1.54, 1.807) is 25.3 Å². The maximum atomic E-state index is 12.4. The first-order valence-electron chi connectivity index (χ1n) is 8.47. The lowest BCUT2D eigenvalue weighted by molar-refractivity contribution is -0.121. The molecule has 2 atom stereocenters. The van der Waals surface area contributed by atoms with Crippen LogP contribution < -0.4 is 10.9 Å². The van der Waals surface area contributed by atoms with Crippen molar-refractivity contribution in [1.29, 1.82) is 0 Å². The van der Waals surface area contributed by atoms with Gasteiger partial charge in [-0.3, -0.25) is 14.6 Å². The Balaban J connectivity index is 1.72. The minimum atomic E-state index is -0.312. The van der Waals surface area contributed by atoms with E-state index >= 15 is 0 Å². The molecule has 1 aliphatic rings. The Hall–Kier alpha value is -2.54. The molecule has 3 heterocycles. The van der Waals surface area contributed by atoms with E-state index in [2.05, 4.69) is 20.3 Å². The smallest absolute Gasteiger partial charge is 0.255 e. The molecule has 0 aliphatic carbocycles. The second-order valence-corrected chi connectivity index (χ2v) is 6.28. The van der Waals surface area contributed by atoms with Gasteiger partial charge in [0, 0.05) is 24.1 Å². The van der Waals surface area contributed by atoms with Crippen LogP contribution in [0.25, 0.3) is 11.5 Å². The molecule has 3 rings (SSSR count). The lowest BCUT2D eigenvalue weighted by atomic mass is 10.1.